The van der Waals surface area contributed by atoms with E-state index in [9.17, 15) is 20.1 Å². The first kappa shape index (κ1) is 33.0. The fourth-order valence-corrected chi connectivity index (χ4v) is 8.11. The Morgan fingerprint density at radius 1 is 0.933 bits per heavy atom. The van der Waals surface area contributed by atoms with Gasteiger partial charge in [-0.25, -0.2) is 0 Å². The summed E-state index contributed by atoms with van der Waals surface area (Å²) in [6.07, 6.45) is 4.61. The zero-order valence-electron chi connectivity index (χ0n) is 25.6. The second-order valence-electron chi connectivity index (χ2n) is 11.3. The number of ketones is 1. The largest absolute Gasteiger partial charge is 0.508 e. The molecule has 45 heavy (non-hydrogen) atoms. The zero-order valence-corrected chi connectivity index (χ0v) is 27.2. The summed E-state index contributed by atoms with van der Waals surface area (Å²) in [6, 6.07) is 20.3. The predicted octanol–water partition coefficient (Wildman–Crippen LogP) is 7.76. The van der Waals surface area contributed by atoms with Crippen LogP contribution in [0.1, 0.15) is 48.8 Å². The Balaban J connectivity index is 1.34. The van der Waals surface area contributed by atoms with Crippen LogP contribution in [-0.4, -0.2) is 53.3 Å². The van der Waals surface area contributed by atoms with Gasteiger partial charge in [0.2, 0.25) is 0 Å². The second-order valence-corrected chi connectivity index (χ2v) is 13.9. The Morgan fingerprint density at radius 2 is 1.78 bits per heavy atom. The van der Waals surface area contributed by atoms with E-state index in [1.54, 1.807) is 48.2 Å². The topological polar surface area (TPSA) is 108 Å². The second kappa shape index (κ2) is 16.3. The molecule has 0 saturated heterocycles. The standard InChI is InChI=1S/C36H41NO6S2/c1-42-36-34(41)15-11-26-9-13-28(39)20-30(43-23-37-17-16-24-5-4-6-27(38)19-24)7-2-3-18-44-45-22-33-31(35(26)36)14-10-25-8-12-29(40)21-32(25)33/h4-6,8,10-12,14-15,19,21,30,37-38,40-41H,2-3,7,9,13,16-18,20,22-23H2,1H3. The molecule has 9 heteroatoms. The van der Waals surface area contributed by atoms with Crippen LogP contribution in [-0.2, 0) is 28.1 Å². The maximum absolute atomic E-state index is 13.3. The number of carbonyl (C=O) groups is 1. The zero-order chi connectivity index (χ0) is 31.6. The number of Topliss-reactive ketones (excluding diaryl/α,β-unsaturated/α-hetero) is 1. The Labute approximate surface area is 272 Å². The minimum absolute atomic E-state index is 0.0472. The van der Waals surface area contributed by atoms with Crippen molar-refractivity contribution in [3.63, 3.8) is 0 Å². The van der Waals surface area contributed by atoms with E-state index < -0.39 is 0 Å². The summed E-state index contributed by atoms with van der Waals surface area (Å²) in [5.41, 5.74) is 4.76. The van der Waals surface area contributed by atoms with Gasteiger partial charge in [0, 0.05) is 36.5 Å². The molecule has 4 aromatic carbocycles. The van der Waals surface area contributed by atoms with Crippen molar-refractivity contribution in [3.05, 3.63) is 83.4 Å². The molecule has 0 spiro atoms. The smallest absolute Gasteiger partial charge is 0.168 e. The SMILES string of the molecule is COc1c(O)ccc2c1-c1ccc3ccc(O)cc3c1CSSCCCCC(OCNCCc1cccc(O)c1)CC(=O)CC2. The minimum Gasteiger partial charge on any atom is -0.508 e. The quantitative estimate of drug-likeness (QED) is 0.0909. The van der Waals surface area contributed by atoms with Crippen molar-refractivity contribution in [2.75, 3.05) is 26.1 Å². The number of hydrogen-bond acceptors (Lipinski definition) is 9. The van der Waals surface area contributed by atoms with Crippen LogP contribution < -0.4 is 10.1 Å². The van der Waals surface area contributed by atoms with E-state index in [1.807, 2.05) is 41.1 Å². The van der Waals surface area contributed by atoms with E-state index in [2.05, 4.69) is 11.4 Å². The highest BCUT2D eigenvalue weighted by Gasteiger charge is 2.22. The van der Waals surface area contributed by atoms with E-state index in [-0.39, 0.29) is 29.1 Å². The monoisotopic (exact) mass is 647 g/mol. The molecular formula is C36H41NO6S2. The van der Waals surface area contributed by atoms with E-state index in [0.717, 1.165) is 70.0 Å². The summed E-state index contributed by atoms with van der Waals surface area (Å²) in [4.78, 5) is 13.3. The lowest BCUT2D eigenvalue weighted by Crippen LogP contribution is -2.27. The van der Waals surface area contributed by atoms with E-state index in [4.69, 9.17) is 9.47 Å². The highest BCUT2D eigenvalue weighted by molar-refractivity contribution is 8.76. The molecule has 1 aliphatic rings. The van der Waals surface area contributed by atoms with Crippen LogP contribution in [0.25, 0.3) is 21.9 Å². The van der Waals surface area contributed by atoms with E-state index >= 15 is 0 Å². The molecule has 1 heterocycles. The van der Waals surface area contributed by atoms with Crippen molar-refractivity contribution < 1.29 is 29.6 Å². The summed E-state index contributed by atoms with van der Waals surface area (Å²) >= 11 is 0. The molecule has 1 atom stereocenters. The highest BCUT2D eigenvalue weighted by atomic mass is 33.1. The molecule has 4 aromatic rings. The summed E-state index contributed by atoms with van der Waals surface area (Å²) in [5.74, 6) is 2.72. The average molecular weight is 648 g/mol. The first-order chi connectivity index (χ1) is 21.9. The first-order valence-electron chi connectivity index (χ1n) is 15.4. The van der Waals surface area contributed by atoms with Gasteiger partial charge >= 0.3 is 0 Å². The van der Waals surface area contributed by atoms with Gasteiger partial charge in [0.15, 0.2) is 11.5 Å². The van der Waals surface area contributed by atoms with Gasteiger partial charge in [0.05, 0.1) is 19.9 Å². The lowest BCUT2D eigenvalue weighted by molar-refractivity contribution is -0.122. The number of benzene rings is 4. The number of aryl methyl sites for hydroxylation is 1. The van der Waals surface area contributed by atoms with Gasteiger partial charge in [0.25, 0.3) is 0 Å². The summed E-state index contributed by atoms with van der Waals surface area (Å²) in [5, 5.41) is 36.1. The Kier molecular flexibility index (Phi) is 11.9. The fourth-order valence-electron chi connectivity index (χ4n) is 5.84. The van der Waals surface area contributed by atoms with Crippen LogP contribution in [0.4, 0.5) is 0 Å². The average Bonchev–Trinajstić information content (AvgIpc) is 3.02. The van der Waals surface area contributed by atoms with Crippen LogP contribution >= 0.6 is 21.6 Å². The lowest BCUT2D eigenvalue weighted by atomic mass is 9.89. The maximum atomic E-state index is 13.3. The van der Waals surface area contributed by atoms with Gasteiger partial charge in [-0.2, -0.15) is 0 Å². The van der Waals surface area contributed by atoms with Crippen molar-refractivity contribution in [2.45, 2.75) is 56.8 Å². The number of phenolic OH excluding ortho intramolecular Hbond substituents is 3. The normalized spacial score (nSPS) is 16.6. The Bertz CT molecular complexity index is 1610. The minimum atomic E-state index is -0.162. The maximum Gasteiger partial charge on any atom is 0.168 e. The molecule has 0 bridgehead atoms. The molecule has 5 rings (SSSR count). The molecule has 1 aliphatic heterocycles. The van der Waals surface area contributed by atoms with Crippen molar-refractivity contribution in [1.29, 1.82) is 0 Å². The Hall–Kier alpha value is -3.37. The number of methoxy groups -OCH3 is 1. The van der Waals surface area contributed by atoms with Gasteiger partial charge in [-0.15, -0.1) is 0 Å². The van der Waals surface area contributed by atoms with Gasteiger partial charge in [-0.1, -0.05) is 64.4 Å². The molecule has 238 valence electrons. The highest BCUT2D eigenvalue weighted by Crippen LogP contribution is 2.45. The third-order valence-corrected chi connectivity index (χ3v) is 10.5. The van der Waals surface area contributed by atoms with Crippen molar-refractivity contribution in [1.82, 2.24) is 5.32 Å². The van der Waals surface area contributed by atoms with E-state index in [1.165, 1.54) is 0 Å². The fraction of sp³-hybridized carbons (Fsp3) is 0.361. The van der Waals surface area contributed by atoms with E-state index in [0.29, 0.717) is 44.0 Å². The summed E-state index contributed by atoms with van der Waals surface area (Å²) in [7, 11) is 5.16. The Morgan fingerprint density at radius 3 is 2.62 bits per heavy atom. The molecule has 0 radical (unpaired) electrons. The molecule has 0 amide bonds. The molecule has 4 N–H and O–H groups in total. The third-order valence-electron chi connectivity index (χ3n) is 8.15. The van der Waals surface area contributed by atoms with Crippen LogP contribution in [0, 0.1) is 0 Å². The molecular weight excluding hydrogens is 607 g/mol. The number of rotatable bonds is 7. The van der Waals surface area contributed by atoms with Crippen LogP contribution in [0.2, 0.25) is 0 Å². The number of ether oxygens (including phenoxy) is 2. The van der Waals surface area contributed by atoms with Crippen LogP contribution in [0.5, 0.6) is 23.0 Å². The summed E-state index contributed by atoms with van der Waals surface area (Å²) < 4.78 is 11.9. The number of carbonyl (C=O) groups excluding carboxylic acids is 1. The molecule has 0 fully saturated rings. The lowest BCUT2D eigenvalue weighted by Gasteiger charge is -2.21. The first-order valence-corrected chi connectivity index (χ1v) is 17.9. The summed E-state index contributed by atoms with van der Waals surface area (Å²) in [6.45, 7) is 1.07. The molecule has 0 aromatic heterocycles. The number of hydrogen-bond donors (Lipinski definition) is 4. The number of nitrogens with one attached hydrogen (secondary N) is 1. The van der Waals surface area contributed by atoms with Gasteiger partial charge < -0.3 is 24.8 Å². The van der Waals surface area contributed by atoms with Crippen molar-refractivity contribution in [3.8, 4) is 34.1 Å². The van der Waals surface area contributed by atoms with Gasteiger partial charge in [-0.3, -0.25) is 10.1 Å². The predicted molar refractivity (Wildman–Crippen MR) is 184 cm³/mol. The molecule has 0 saturated carbocycles. The number of fused-ring (bicyclic) bond motifs is 5. The van der Waals surface area contributed by atoms with Crippen LogP contribution in [0.15, 0.2) is 66.7 Å². The molecule has 0 aliphatic carbocycles. The van der Waals surface area contributed by atoms with Crippen molar-refractivity contribution in [2.24, 2.45) is 0 Å². The van der Waals surface area contributed by atoms with Gasteiger partial charge in [-0.05, 0) is 89.0 Å². The van der Waals surface area contributed by atoms with Crippen LogP contribution in [0.3, 0.4) is 0 Å². The van der Waals surface area contributed by atoms with Gasteiger partial charge in [0.1, 0.15) is 17.3 Å². The molecule has 7 nitrogen and oxygen atoms in total. The number of phenols is 3. The van der Waals surface area contributed by atoms with Crippen molar-refractivity contribution >= 4 is 38.1 Å². The number of aromatic hydroxyl groups is 3. The third kappa shape index (κ3) is 8.88. The molecule has 1 unspecified atom stereocenters.